The molecular formula is C15H16N4O2. The molecule has 0 atom stereocenters. The van der Waals surface area contributed by atoms with Crippen LogP contribution >= 0.6 is 0 Å². The minimum absolute atomic E-state index is 0.0326. The van der Waals surface area contributed by atoms with Gasteiger partial charge >= 0.3 is 0 Å². The van der Waals surface area contributed by atoms with Gasteiger partial charge in [-0.15, -0.1) is 10.2 Å². The van der Waals surface area contributed by atoms with Crippen molar-refractivity contribution >= 4 is 5.91 Å². The van der Waals surface area contributed by atoms with Gasteiger partial charge in [0.15, 0.2) is 5.82 Å². The van der Waals surface area contributed by atoms with E-state index in [-0.39, 0.29) is 12.5 Å². The molecule has 0 saturated heterocycles. The SMILES string of the molecule is Cn1cnnc1CNC(=O)c1cccc(C#CCCO)c1. The number of aromatic nitrogens is 3. The molecule has 1 amide bonds. The fourth-order valence-electron chi connectivity index (χ4n) is 1.69. The van der Waals surface area contributed by atoms with E-state index in [2.05, 4.69) is 27.4 Å². The summed E-state index contributed by atoms with van der Waals surface area (Å²) < 4.78 is 1.75. The number of hydrogen-bond donors (Lipinski definition) is 2. The summed E-state index contributed by atoms with van der Waals surface area (Å²) in [5, 5.41) is 19.1. The number of nitrogens with one attached hydrogen (secondary N) is 1. The predicted octanol–water partition coefficient (Wildman–Crippen LogP) is 0.479. The molecule has 1 aromatic heterocycles. The summed E-state index contributed by atoms with van der Waals surface area (Å²) in [5.74, 6) is 6.22. The van der Waals surface area contributed by atoms with E-state index in [1.807, 2.05) is 13.1 Å². The average molecular weight is 284 g/mol. The van der Waals surface area contributed by atoms with Crippen molar-refractivity contribution < 1.29 is 9.90 Å². The molecule has 0 aliphatic rings. The van der Waals surface area contributed by atoms with Gasteiger partial charge in [0.1, 0.15) is 6.33 Å². The number of amides is 1. The molecule has 21 heavy (non-hydrogen) atoms. The lowest BCUT2D eigenvalue weighted by atomic mass is 10.1. The van der Waals surface area contributed by atoms with Gasteiger partial charge in [0, 0.05) is 24.6 Å². The van der Waals surface area contributed by atoms with Crippen molar-refractivity contribution in [3.05, 3.63) is 47.5 Å². The molecular weight excluding hydrogens is 268 g/mol. The highest BCUT2D eigenvalue weighted by atomic mass is 16.2. The van der Waals surface area contributed by atoms with Gasteiger partial charge in [0.2, 0.25) is 0 Å². The van der Waals surface area contributed by atoms with E-state index in [0.29, 0.717) is 24.4 Å². The third-order valence-corrected chi connectivity index (χ3v) is 2.81. The van der Waals surface area contributed by atoms with Gasteiger partial charge in [0.25, 0.3) is 5.91 Å². The third kappa shape index (κ3) is 4.16. The van der Waals surface area contributed by atoms with Crippen LogP contribution in [-0.2, 0) is 13.6 Å². The minimum atomic E-state index is -0.191. The second kappa shape index (κ2) is 7.22. The van der Waals surface area contributed by atoms with Crippen LogP contribution in [0, 0.1) is 11.8 Å². The largest absolute Gasteiger partial charge is 0.395 e. The van der Waals surface area contributed by atoms with Crippen molar-refractivity contribution in [3.8, 4) is 11.8 Å². The smallest absolute Gasteiger partial charge is 0.251 e. The van der Waals surface area contributed by atoms with Crippen molar-refractivity contribution in [1.82, 2.24) is 20.1 Å². The van der Waals surface area contributed by atoms with Gasteiger partial charge in [-0.1, -0.05) is 17.9 Å². The van der Waals surface area contributed by atoms with E-state index in [9.17, 15) is 4.79 Å². The van der Waals surface area contributed by atoms with E-state index in [1.54, 1.807) is 29.1 Å². The van der Waals surface area contributed by atoms with Gasteiger partial charge < -0.3 is 15.0 Å². The normalized spacial score (nSPS) is 9.81. The minimum Gasteiger partial charge on any atom is -0.395 e. The number of benzene rings is 1. The Morgan fingerprint density at radius 1 is 1.48 bits per heavy atom. The third-order valence-electron chi connectivity index (χ3n) is 2.81. The Morgan fingerprint density at radius 2 is 2.33 bits per heavy atom. The van der Waals surface area contributed by atoms with Crippen LogP contribution in [0.2, 0.25) is 0 Å². The summed E-state index contributed by atoms with van der Waals surface area (Å²) in [4.78, 5) is 12.1. The number of aryl methyl sites for hydroxylation is 1. The molecule has 2 N–H and O–H groups in total. The number of aliphatic hydroxyl groups excluding tert-OH is 1. The zero-order chi connectivity index (χ0) is 15.1. The Bertz CT molecular complexity index is 682. The standard InChI is InChI=1S/C15H16N4O2/c1-19-11-17-18-14(19)10-16-15(21)13-7-4-6-12(9-13)5-2-3-8-20/h4,6-7,9,11,20H,3,8,10H2,1H3,(H,16,21). The Labute approximate surface area is 122 Å². The molecule has 6 heteroatoms. The van der Waals surface area contributed by atoms with Crippen molar-refractivity contribution in [1.29, 1.82) is 0 Å². The summed E-state index contributed by atoms with van der Waals surface area (Å²) in [6.45, 7) is 0.348. The second-order valence-electron chi connectivity index (χ2n) is 4.40. The second-order valence-corrected chi connectivity index (χ2v) is 4.40. The van der Waals surface area contributed by atoms with Gasteiger partial charge in [0.05, 0.1) is 13.2 Å². The lowest BCUT2D eigenvalue weighted by Crippen LogP contribution is -2.24. The molecule has 1 aromatic carbocycles. The molecule has 2 rings (SSSR count). The van der Waals surface area contributed by atoms with Gasteiger partial charge in [-0.05, 0) is 18.2 Å². The van der Waals surface area contributed by atoms with Crippen LogP contribution in [0.5, 0.6) is 0 Å². The van der Waals surface area contributed by atoms with Crippen molar-refractivity contribution in [3.63, 3.8) is 0 Å². The molecule has 0 spiro atoms. The van der Waals surface area contributed by atoms with Gasteiger partial charge in [-0.3, -0.25) is 4.79 Å². The Kier molecular flexibility index (Phi) is 5.07. The monoisotopic (exact) mass is 284 g/mol. The zero-order valence-corrected chi connectivity index (χ0v) is 11.7. The molecule has 0 radical (unpaired) electrons. The molecule has 2 aromatic rings. The van der Waals surface area contributed by atoms with Crippen molar-refractivity contribution in [2.24, 2.45) is 7.05 Å². The first-order valence-corrected chi connectivity index (χ1v) is 6.51. The van der Waals surface area contributed by atoms with E-state index in [1.165, 1.54) is 0 Å². The zero-order valence-electron chi connectivity index (χ0n) is 11.7. The van der Waals surface area contributed by atoms with Crippen LogP contribution in [0.1, 0.15) is 28.2 Å². The van der Waals surface area contributed by atoms with Crippen LogP contribution in [0.4, 0.5) is 0 Å². The molecule has 0 saturated carbocycles. The Morgan fingerprint density at radius 3 is 3.05 bits per heavy atom. The van der Waals surface area contributed by atoms with Crippen LogP contribution in [-0.4, -0.2) is 32.4 Å². The van der Waals surface area contributed by atoms with Crippen molar-refractivity contribution in [2.75, 3.05) is 6.61 Å². The number of hydrogen-bond acceptors (Lipinski definition) is 4. The summed E-state index contributed by atoms with van der Waals surface area (Å²) in [6, 6.07) is 7.05. The van der Waals surface area contributed by atoms with Gasteiger partial charge in [-0.2, -0.15) is 0 Å². The summed E-state index contributed by atoms with van der Waals surface area (Å²) in [6.07, 6.45) is 2.00. The first-order chi connectivity index (χ1) is 10.2. The highest BCUT2D eigenvalue weighted by Crippen LogP contribution is 2.04. The maximum absolute atomic E-state index is 12.1. The molecule has 0 aliphatic carbocycles. The van der Waals surface area contributed by atoms with Crippen LogP contribution < -0.4 is 5.32 Å². The Hall–Kier alpha value is -2.65. The summed E-state index contributed by atoms with van der Waals surface area (Å²) in [7, 11) is 1.82. The van der Waals surface area contributed by atoms with E-state index in [0.717, 1.165) is 5.56 Å². The topological polar surface area (TPSA) is 80.0 Å². The molecule has 1 heterocycles. The van der Waals surface area contributed by atoms with E-state index in [4.69, 9.17) is 5.11 Å². The average Bonchev–Trinajstić information content (AvgIpc) is 2.91. The molecule has 0 bridgehead atoms. The lowest BCUT2D eigenvalue weighted by Gasteiger charge is -2.05. The predicted molar refractivity (Wildman–Crippen MR) is 77.2 cm³/mol. The first kappa shape index (κ1) is 14.8. The van der Waals surface area contributed by atoms with Crippen LogP contribution in [0.15, 0.2) is 30.6 Å². The molecule has 0 fully saturated rings. The molecule has 0 unspecified atom stereocenters. The quantitative estimate of drug-likeness (QED) is 0.800. The van der Waals surface area contributed by atoms with Gasteiger partial charge in [-0.25, -0.2) is 0 Å². The van der Waals surface area contributed by atoms with E-state index < -0.39 is 0 Å². The number of aliphatic hydroxyl groups is 1. The fraction of sp³-hybridized carbons (Fsp3) is 0.267. The highest BCUT2D eigenvalue weighted by Gasteiger charge is 2.07. The highest BCUT2D eigenvalue weighted by molar-refractivity contribution is 5.94. The van der Waals surface area contributed by atoms with Crippen molar-refractivity contribution in [2.45, 2.75) is 13.0 Å². The summed E-state index contributed by atoms with van der Waals surface area (Å²) >= 11 is 0. The number of rotatable bonds is 4. The Balaban J connectivity index is 2.01. The molecule has 6 nitrogen and oxygen atoms in total. The molecule has 108 valence electrons. The van der Waals surface area contributed by atoms with E-state index >= 15 is 0 Å². The first-order valence-electron chi connectivity index (χ1n) is 6.51. The number of carbonyl (C=O) groups is 1. The van der Waals surface area contributed by atoms with Crippen LogP contribution in [0.25, 0.3) is 0 Å². The number of nitrogens with zero attached hydrogens (tertiary/aromatic N) is 3. The van der Waals surface area contributed by atoms with Crippen LogP contribution in [0.3, 0.4) is 0 Å². The maximum Gasteiger partial charge on any atom is 0.251 e. The summed E-state index contributed by atoms with van der Waals surface area (Å²) in [5.41, 5.74) is 1.28. The molecule has 0 aliphatic heterocycles. The fourth-order valence-corrected chi connectivity index (χ4v) is 1.69. The maximum atomic E-state index is 12.1. The number of carbonyl (C=O) groups excluding carboxylic acids is 1. The lowest BCUT2D eigenvalue weighted by molar-refractivity contribution is 0.0949.